The van der Waals surface area contributed by atoms with Crippen molar-refractivity contribution in [1.29, 1.82) is 0 Å². The Bertz CT molecular complexity index is 94.2. The van der Waals surface area contributed by atoms with Crippen LogP contribution in [0.25, 0.3) is 0 Å². The van der Waals surface area contributed by atoms with Crippen molar-refractivity contribution in [2.75, 3.05) is 0 Å². The van der Waals surface area contributed by atoms with E-state index < -0.39 is 18.0 Å². The van der Waals surface area contributed by atoms with Crippen LogP contribution >= 0.6 is 0 Å². The van der Waals surface area contributed by atoms with Crippen molar-refractivity contribution in [3.8, 4) is 0 Å². The van der Waals surface area contributed by atoms with Crippen LogP contribution in [0.15, 0.2) is 0 Å². The Morgan fingerprint density at radius 3 is 1.30 bits per heavy atom. The topological polar surface area (TPSA) is 0 Å². The molecule has 0 amide bonds. The van der Waals surface area contributed by atoms with Gasteiger partial charge in [-0.05, 0) is 13.8 Å². The zero-order valence-electron chi connectivity index (χ0n) is 5.47. The minimum Gasteiger partial charge on any atom is -0.207 e. The highest BCUT2D eigenvalue weighted by atomic mass is 19.4. The molecule has 1 unspecified atom stereocenters. The second-order valence-electron chi connectivity index (χ2n) is 2.22. The van der Waals surface area contributed by atoms with Crippen molar-refractivity contribution in [2.24, 2.45) is 5.92 Å². The van der Waals surface area contributed by atoms with Gasteiger partial charge in [-0.25, -0.2) is 8.78 Å². The monoisotopic (exact) mass is 162 g/mol. The quantitative estimate of drug-likeness (QED) is 0.520. The van der Waals surface area contributed by atoms with Crippen molar-refractivity contribution in [1.82, 2.24) is 0 Å². The zero-order valence-corrected chi connectivity index (χ0v) is 5.47. The van der Waals surface area contributed by atoms with Gasteiger partial charge < -0.3 is 0 Å². The number of hydrogen-bond acceptors (Lipinski definition) is 0. The van der Waals surface area contributed by atoms with E-state index in [9.17, 15) is 22.0 Å². The fourth-order valence-corrected chi connectivity index (χ4v) is 0.287. The third-order valence-electron chi connectivity index (χ3n) is 1.25. The van der Waals surface area contributed by atoms with Gasteiger partial charge in [0.05, 0.1) is 0 Å². The Kier molecular flexibility index (Phi) is 2.28. The lowest BCUT2D eigenvalue weighted by Gasteiger charge is -2.21. The number of hydrogen-bond donors (Lipinski definition) is 0. The third-order valence-corrected chi connectivity index (χ3v) is 1.25. The molecule has 0 radical (unpaired) electrons. The van der Waals surface area contributed by atoms with E-state index in [1.165, 1.54) is 0 Å². The lowest BCUT2D eigenvalue weighted by Crippen LogP contribution is -2.34. The van der Waals surface area contributed by atoms with Gasteiger partial charge in [0.2, 0.25) is 0 Å². The Hall–Kier alpha value is -0.350. The number of rotatable bonds is 1. The van der Waals surface area contributed by atoms with Crippen LogP contribution in [0.1, 0.15) is 13.8 Å². The van der Waals surface area contributed by atoms with E-state index in [-0.39, 0.29) is 6.92 Å². The molecule has 0 bridgehead atoms. The molecule has 0 saturated heterocycles. The first-order chi connectivity index (χ1) is 4.15. The molecule has 0 aliphatic rings. The summed E-state index contributed by atoms with van der Waals surface area (Å²) < 4.78 is 58.2. The van der Waals surface area contributed by atoms with Gasteiger partial charge in [-0.2, -0.15) is 13.2 Å². The molecule has 0 aromatic heterocycles. The summed E-state index contributed by atoms with van der Waals surface area (Å²) in [6.45, 7) is 0.713. The Morgan fingerprint density at radius 1 is 1.00 bits per heavy atom. The van der Waals surface area contributed by atoms with Gasteiger partial charge in [0.25, 0.3) is 5.92 Å². The predicted molar refractivity (Wildman–Crippen MR) is 25.8 cm³/mol. The molecule has 0 rings (SSSR count). The molecule has 0 nitrogen and oxygen atoms in total. The summed E-state index contributed by atoms with van der Waals surface area (Å²) in [6.07, 6.45) is -4.81. The highest BCUT2D eigenvalue weighted by Crippen LogP contribution is 2.36. The first-order valence-electron chi connectivity index (χ1n) is 2.60. The summed E-state index contributed by atoms with van der Waals surface area (Å²) in [7, 11) is 0. The molecule has 0 fully saturated rings. The molecule has 0 heterocycles. The van der Waals surface area contributed by atoms with Gasteiger partial charge in [0, 0.05) is 0 Å². The molecule has 0 N–H and O–H groups in total. The van der Waals surface area contributed by atoms with E-state index in [4.69, 9.17) is 0 Å². The molecule has 0 aromatic carbocycles. The van der Waals surface area contributed by atoms with Crippen molar-refractivity contribution in [3.05, 3.63) is 0 Å². The van der Waals surface area contributed by atoms with Gasteiger partial charge >= 0.3 is 6.18 Å². The minimum absolute atomic E-state index is 0.255. The SMILES string of the molecule is CC(C(C)(F)F)C(F)(F)F. The molecular weight excluding hydrogens is 155 g/mol. The zero-order chi connectivity index (χ0) is 8.58. The van der Waals surface area contributed by atoms with E-state index >= 15 is 0 Å². The van der Waals surface area contributed by atoms with Crippen molar-refractivity contribution in [2.45, 2.75) is 25.9 Å². The summed E-state index contributed by atoms with van der Waals surface area (Å²) in [5, 5.41) is 0. The Morgan fingerprint density at radius 2 is 1.30 bits per heavy atom. The molecule has 0 spiro atoms. The summed E-state index contributed by atoms with van der Waals surface area (Å²) in [6, 6.07) is 0. The summed E-state index contributed by atoms with van der Waals surface area (Å²) in [5.41, 5.74) is 0. The maximum absolute atomic E-state index is 11.9. The molecule has 1 atom stereocenters. The number of alkyl halides is 5. The molecule has 10 heavy (non-hydrogen) atoms. The fourth-order valence-electron chi connectivity index (χ4n) is 0.287. The van der Waals surface area contributed by atoms with E-state index in [1.54, 1.807) is 0 Å². The van der Waals surface area contributed by atoms with Gasteiger partial charge in [0.15, 0.2) is 0 Å². The van der Waals surface area contributed by atoms with Crippen molar-refractivity contribution >= 4 is 0 Å². The first kappa shape index (κ1) is 9.65. The highest BCUT2D eigenvalue weighted by Gasteiger charge is 2.49. The molecule has 62 valence electrons. The van der Waals surface area contributed by atoms with E-state index in [0.29, 0.717) is 6.92 Å². The molecule has 0 aliphatic heterocycles. The molecule has 0 aliphatic carbocycles. The largest absolute Gasteiger partial charge is 0.397 e. The molecular formula is C5H7F5. The van der Waals surface area contributed by atoms with Crippen LogP contribution in [0.2, 0.25) is 0 Å². The smallest absolute Gasteiger partial charge is 0.207 e. The standard InChI is InChI=1S/C5H7F5/c1-3(4(2,6)7)5(8,9)10/h3H,1-2H3. The maximum atomic E-state index is 11.9. The number of halogens is 5. The lowest BCUT2D eigenvalue weighted by atomic mass is 10.1. The van der Waals surface area contributed by atoms with Crippen LogP contribution in [-0.2, 0) is 0 Å². The predicted octanol–water partition coefficient (Wildman–Crippen LogP) is 2.84. The van der Waals surface area contributed by atoms with Crippen LogP contribution in [0.5, 0.6) is 0 Å². The first-order valence-corrected chi connectivity index (χ1v) is 2.60. The highest BCUT2D eigenvalue weighted by molar-refractivity contribution is 4.74. The Balaban J connectivity index is 4.23. The average Bonchev–Trinajstić information content (AvgIpc) is 1.59. The van der Waals surface area contributed by atoms with Gasteiger partial charge in [-0.3, -0.25) is 0 Å². The van der Waals surface area contributed by atoms with E-state index in [2.05, 4.69) is 0 Å². The lowest BCUT2D eigenvalue weighted by molar-refractivity contribution is -0.228. The van der Waals surface area contributed by atoms with E-state index in [1.807, 2.05) is 0 Å². The minimum atomic E-state index is -4.81. The van der Waals surface area contributed by atoms with Crippen LogP contribution in [0, 0.1) is 5.92 Å². The van der Waals surface area contributed by atoms with Crippen LogP contribution in [-0.4, -0.2) is 12.1 Å². The second-order valence-corrected chi connectivity index (χ2v) is 2.22. The molecule has 0 aromatic rings. The molecule has 0 saturated carbocycles. The van der Waals surface area contributed by atoms with E-state index in [0.717, 1.165) is 0 Å². The summed E-state index contributed by atoms with van der Waals surface area (Å²) >= 11 is 0. The average molecular weight is 162 g/mol. The van der Waals surface area contributed by atoms with Crippen molar-refractivity contribution in [3.63, 3.8) is 0 Å². The normalized spacial score (nSPS) is 17.1. The third kappa shape index (κ3) is 2.49. The van der Waals surface area contributed by atoms with Crippen LogP contribution in [0.3, 0.4) is 0 Å². The van der Waals surface area contributed by atoms with Gasteiger partial charge in [0.1, 0.15) is 5.92 Å². The maximum Gasteiger partial charge on any atom is 0.397 e. The summed E-state index contributed by atoms with van der Waals surface area (Å²) in [5.74, 6) is -6.25. The fraction of sp³-hybridized carbons (Fsp3) is 1.00. The van der Waals surface area contributed by atoms with Gasteiger partial charge in [-0.1, -0.05) is 0 Å². The van der Waals surface area contributed by atoms with Crippen LogP contribution in [0.4, 0.5) is 22.0 Å². The molecule has 5 heteroatoms. The van der Waals surface area contributed by atoms with Gasteiger partial charge in [-0.15, -0.1) is 0 Å². The second kappa shape index (κ2) is 2.36. The summed E-state index contributed by atoms with van der Waals surface area (Å²) in [4.78, 5) is 0. The van der Waals surface area contributed by atoms with Crippen LogP contribution < -0.4 is 0 Å². The van der Waals surface area contributed by atoms with Crippen molar-refractivity contribution < 1.29 is 22.0 Å². The Labute approximate surface area is 55.0 Å².